The van der Waals surface area contributed by atoms with Gasteiger partial charge in [-0.25, -0.2) is 13.6 Å². The Labute approximate surface area is 68.0 Å². The summed E-state index contributed by atoms with van der Waals surface area (Å²) >= 11 is 0. The molecule has 2 N–H and O–H groups in total. The molecule has 4 heteroatoms. The van der Waals surface area contributed by atoms with Crippen LogP contribution in [-0.2, 0) is 10.0 Å². The van der Waals surface area contributed by atoms with E-state index in [9.17, 15) is 8.42 Å². The SMILES string of the molecule is CC(C)(C)[C@@H]1C[C@H]1S(N)(=O)=O. The molecular formula is C7H15NO2S. The van der Waals surface area contributed by atoms with Crippen molar-refractivity contribution in [3.63, 3.8) is 0 Å². The summed E-state index contributed by atoms with van der Waals surface area (Å²) in [7, 11) is -3.26. The molecule has 0 bridgehead atoms. The van der Waals surface area contributed by atoms with Crippen LogP contribution in [0.1, 0.15) is 27.2 Å². The first-order chi connectivity index (χ1) is 4.73. The molecule has 3 nitrogen and oxygen atoms in total. The molecule has 66 valence electrons. The molecule has 2 atom stereocenters. The van der Waals surface area contributed by atoms with Crippen LogP contribution in [0.25, 0.3) is 0 Å². The molecule has 1 saturated carbocycles. The monoisotopic (exact) mass is 177 g/mol. The first kappa shape index (κ1) is 9.00. The molecule has 0 aromatic rings. The van der Waals surface area contributed by atoms with Crippen LogP contribution < -0.4 is 5.14 Å². The Bertz CT molecular complexity index is 250. The molecule has 1 aliphatic rings. The van der Waals surface area contributed by atoms with E-state index in [0.29, 0.717) is 0 Å². The minimum Gasteiger partial charge on any atom is -0.228 e. The van der Waals surface area contributed by atoms with Crippen molar-refractivity contribution < 1.29 is 8.42 Å². The molecule has 1 aliphatic carbocycles. The number of primary sulfonamides is 1. The van der Waals surface area contributed by atoms with Gasteiger partial charge in [0.15, 0.2) is 0 Å². The van der Waals surface area contributed by atoms with Crippen LogP contribution in [0.4, 0.5) is 0 Å². The van der Waals surface area contributed by atoms with Crippen LogP contribution in [0.5, 0.6) is 0 Å². The van der Waals surface area contributed by atoms with Crippen molar-refractivity contribution in [2.45, 2.75) is 32.4 Å². The van der Waals surface area contributed by atoms with Crippen molar-refractivity contribution >= 4 is 10.0 Å². The van der Waals surface area contributed by atoms with Gasteiger partial charge in [0, 0.05) is 0 Å². The molecular weight excluding hydrogens is 162 g/mol. The summed E-state index contributed by atoms with van der Waals surface area (Å²) in [5.74, 6) is 0.262. The average Bonchev–Trinajstić information content (AvgIpc) is 2.30. The predicted molar refractivity (Wildman–Crippen MR) is 44.5 cm³/mol. The van der Waals surface area contributed by atoms with Crippen molar-refractivity contribution in [1.29, 1.82) is 0 Å². The van der Waals surface area contributed by atoms with Crippen molar-refractivity contribution in [1.82, 2.24) is 0 Å². The number of nitrogens with two attached hydrogens (primary N) is 1. The van der Waals surface area contributed by atoms with Gasteiger partial charge in [-0.2, -0.15) is 0 Å². The van der Waals surface area contributed by atoms with Gasteiger partial charge < -0.3 is 0 Å². The molecule has 0 radical (unpaired) electrons. The Morgan fingerprint density at radius 3 is 1.91 bits per heavy atom. The highest BCUT2D eigenvalue weighted by Crippen LogP contribution is 2.48. The minimum absolute atomic E-state index is 0.0805. The summed E-state index contributed by atoms with van der Waals surface area (Å²) in [6, 6.07) is 0. The number of sulfonamides is 1. The zero-order chi connectivity index (χ0) is 8.86. The van der Waals surface area contributed by atoms with Crippen LogP contribution in [-0.4, -0.2) is 13.7 Å². The van der Waals surface area contributed by atoms with E-state index in [1.807, 2.05) is 20.8 Å². The van der Waals surface area contributed by atoms with Crippen LogP contribution in [0, 0.1) is 11.3 Å². The summed E-state index contributed by atoms with van der Waals surface area (Å²) in [4.78, 5) is 0. The fourth-order valence-electron chi connectivity index (χ4n) is 1.45. The summed E-state index contributed by atoms with van der Waals surface area (Å²) in [5.41, 5.74) is 0.0805. The van der Waals surface area contributed by atoms with Gasteiger partial charge in [0.1, 0.15) is 0 Å². The summed E-state index contributed by atoms with van der Waals surface area (Å²) in [5, 5.41) is 4.72. The fourth-order valence-corrected chi connectivity index (χ4v) is 2.79. The predicted octanol–water partition coefficient (Wildman–Crippen LogP) is 0.710. The van der Waals surface area contributed by atoms with E-state index in [2.05, 4.69) is 0 Å². The number of hydrogen-bond donors (Lipinski definition) is 1. The van der Waals surface area contributed by atoms with Gasteiger partial charge in [-0.05, 0) is 17.8 Å². The lowest BCUT2D eigenvalue weighted by molar-refractivity contribution is 0.351. The molecule has 0 unspecified atom stereocenters. The smallest absolute Gasteiger partial charge is 0.212 e. The van der Waals surface area contributed by atoms with Crippen LogP contribution in [0.3, 0.4) is 0 Å². The van der Waals surface area contributed by atoms with E-state index in [-0.39, 0.29) is 16.6 Å². The zero-order valence-electron chi connectivity index (χ0n) is 7.16. The van der Waals surface area contributed by atoms with Crippen molar-refractivity contribution in [2.24, 2.45) is 16.5 Å². The first-order valence-corrected chi connectivity index (χ1v) is 5.35. The molecule has 0 aromatic heterocycles. The Kier molecular flexibility index (Phi) is 1.80. The Morgan fingerprint density at radius 2 is 1.82 bits per heavy atom. The van der Waals surface area contributed by atoms with Gasteiger partial charge in [-0.1, -0.05) is 20.8 Å². The van der Waals surface area contributed by atoms with E-state index in [0.717, 1.165) is 6.42 Å². The van der Waals surface area contributed by atoms with Crippen LogP contribution >= 0.6 is 0 Å². The molecule has 11 heavy (non-hydrogen) atoms. The molecule has 0 saturated heterocycles. The largest absolute Gasteiger partial charge is 0.228 e. The highest BCUT2D eigenvalue weighted by atomic mass is 32.2. The summed E-state index contributed by atoms with van der Waals surface area (Å²) in [6.45, 7) is 6.13. The zero-order valence-corrected chi connectivity index (χ0v) is 7.98. The minimum atomic E-state index is -3.26. The van der Waals surface area contributed by atoms with Gasteiger partial charge in [-0.15, -0.1) is 0 Å². The van der Waals surface area contributed by atoms with E-state index in [1.165, 1.54) is 0 Å². The Hall–Kier alpha value is -0.0900. The van der Waals surface area contributed by atoms with Crippen molar-refractivity contribution in [3.8, 4) is 0 Å². The molecule has 0 heterocycles. The third-order valence-electron chi connectivity index (χ3n) is 2.27. The maximum atomic E-state index is 10.8. The second-order valence-corrected chi connectivity index (χ2v) is 6.12. The van der Waals surface area contributed by atoms with E-state index < -0.39 is 10.0 Å². The molecule has 0 aromatic carbocycles. The third-order valence-corrected chi connectivity index (χ3v) is 3.63. The van der Waals surface area contributed by atoms with Gasteiger partial charge >= 0.3 is 0 Å². The number of rotatable bonds is 1. The van der Waals surface area contributed by atoms with Gasteiger partial charge in [-0.3, -0.25) is 0 Å². The van der Waals surface area contributed by atoms with Crippen LogP contribution in [0.15, 0.2) is 0 Å². The molecule has 1 fully saturated rings. The lowest BCUT2D eigenvalue weighted by atomic mass is 9.90. The van der Waals surface area contributed by atoms with Gasteiger partial charge in [0.05, 0.1) is 5.25 Å². The van der Waals surface area contributed by atoms with E-state index in [1.54, 1.807) is 0 Å². The van der Waals surface area contributed by atoms with Crippen molar-refractivity contribution in [3.05, 3.63) is 0 Å². The summed E-state index contributed by atoms with van der Waals surface area (Å²) < 4.78 is 21.7. The Morgan fingerprint density at radius 1 is 1.36 bits per heavy atom. The Balaban J connectivity index is 2.65. The van der Waals surface area contributed by atoms with Gasteiger partial charge in [0.2, 0.25) is 10.0 Å². The van der Waals surface area contributed by atoms with E-state index >= 15 is 0 Å². The maximum Gasteiger partial charge on any atom is 0.212 e. The topological polar surface area (TPSA) is 60.2 Å². The van der Waals surface area contributed by atoms with Crippen molar-refractivity contribution in [2.75, 3.05) is 0 Å². The quantitative estimate of drug-likeness (QED) is 0.641. The average molecular weight is 177 g/mol. The third kappa shape index (κ3) is 1.93. The highest BCUT2D eigenvalue weighted by molar-refractivity contribution is 7.90. The van der Waals surface area contributed by atoms with Crippen LogP contribution in [0.2, 0.25) is 0 Å². The molecule has 0 amide bonds. The summed E-state index contributed by atoms with van der Waals surface area (Å²) in [6.07, 6.45) is 0.738. The standard InChI is InChI=1S/C7H15NO2S/c1-7(2,3)5-4-6(5)11(8,9)10/h5-6H,4H2,1-3H3,(H2,8,9,10)/t5-,6-/m1/s1. The normalized spacial score (nSPS) is 32.0. The second-order valence-electron chi connectivity index (χ2n) is 4.34. The molecule has 1 rings (SSSR count). The lowest BCUT2D eigenvalue weighted by Gasteiger charge is -2.17. The second kappa shape index (κ2) is 2.20. The van der Waals surface area contributed by atoms with E-state index in [4.69, 9.17) is 5.14 Å². The van der Waals surface area contributed by atoms with Gasteiger partial charge in [0.25, 0.3) is 0 Å². The number of hydrogen-bond acceptors (Lipinski definition) is 2. The highest BCUT2D eigenvalue weighted by Gasteiger charge is 2.51. The first-order valence-electron chi connectivity index (χ1n) is 3.74. The lowest BCUT2D eigenvalue weighted by Crippen LogP contribution is -2.22. The molecule has 0 spiro atoms. The molecule has 0 aliphatic heterocycles. The maximum absolute atomic E-state index is 10.8. The fraction of sp³-hybridized carbons (Fsp3) is 1.00.